The Hall–Kier alpha value is -2.68. The number of halogens is 1. The maximum Gasteiger partial charge on any atom is 0.265 e. The van der Waals surface area contributed by atoms with Gasteiger partial charge in [0.05, 0.1) is 17.9 Å². The molecule has 1 aliphatic rings. The summed E-state index contributed by atoms with van der Waals surface area (Å²) in [6, 6.07) is 5.61. The molecule has 1 N–H and O–H groups in total. The van der Waals surface area contributed by atoms with Crippen molar-refractivity contribution in [2.75, 3.05) is 12.3 Å². The van der Waals surface area contributed by atoms with Crippen molar-refractivity contribution in [2.24, 2.45) is 0 Å². The lowest BCUT2D eigenvalue weighted by molar-refractivity contribution is -0.121. The van der Waals surface area contributed by atoms with Crippen molar-refractivity contribution < 1.29 is 9.18 Å². The first kappa shape index (κ1) is 16.8. The molecule has 2 aromatic heterocycles. The van der Waals surface area contributed by atoms with Gasteiger partial charge >= 0.3 is 0 Å². The topological polar surface area (TPSA) is 81.8 Å². The maximum absolute atomic E-state index is 13.2. The summed E-state index contributed by atoms with van der Waals surface area (Å²) >= 11 is 1.45. The summed E-state index contributed by atoms with van der Waals surface area (Å²) < 4.78 is 16.3. The number of nitrogens with one attached hydrogen (secondary N) is 1. The van der Waals surface area contributed by atoms with Crippen molar-refractivity contribution in [3.8, 4) is 5.69 Å². The number of thioether (sulfide) groups is 1. The molecule has 1 atom stereocenters. The Kier molecular flexibility index (Phi) is 4.23. The third-order valence-electron chi connectivity index (χ3n) is 4.24. The van der Waals surface area contributed by atoms with Gasteiger partial charge in [-0.2, -0.15) is 5.10 Å². The number of carbonyl (C=O) groups excluding carboxylic acids is 1. The fourth-order valence-electron chi connectivity index (χ4n) is 3.04. The van der Waals surface area contributed by atoms with Crippen LogP contribution in [0.15, 0.2) is 40.4 Å². The van der Waals surface area contributed by atoms with Crippen LogP contribution in [0, 0.1) is 5.82 Å². The van der Waals surface area contributed by atoms with Gasteiger partial charge in [-0.3, -0.25) is 14.2 Å². The van der Waals surface area contributed by atoms with E-state index in [0.29, 0.717) is 34.2 Å². The SMILES string of the molecule is CCNC(=O)CC1CSc2nc3c(cnn3-c3ccc(F)cc3)c(=O)n21. The van der Waals surface area contributed by atoms with Crippen molar-refractivity contribution in [1.82, 2.24) is 24.6 Å². The van der Waals surface area contributed by atoms with E-state index < -0.39 is 0 Å². The highest BCUT2D eigenvalue weighted by molar-refractivity contribution is 7.99. The lowest BCUT2D eigenvalue weighted by Crippen LogP contribution is -2.30. The molecule has 9 heteroatoms. The first-order chi connectivity index (χ1) is 12.6. The van der Waals surface area contributed by atoms with E-state index in [-0.39, 0.29) is 29.7 Å². The molecule has 134 valence electrons. The number of amides is 1. The molecular weight excluding hydrogens is 357 g/mol. The Morgan fingerprint density at radius 3 is 2.88 bits per heavy atom. The number of rotatable bonds is 4. The molecule has 0 saturated carbocycles. The fraction of sp³-hybridized carbons (Fsp3) is 0.294. The van der Waals surface area contributed by atoms with Crippen LogP contribution in [0.2, 0.25) is 0 Å². The molecule has 0 saturated heterocycles. The van der Waals surface area contributed by atoms with Crippen LogP contribution in [-0.4, -0.2) is 37.5 Å². The number of nitrogens with zero attached hydrogens (tertiary/aromatic N) is 4. The van der Waals surface area contributed by atoms with Gasteiger partial charge in [-0.05, 0) is 31.2 Å². The Morgan fingerprint density at radius 2 is 2.15 bits per heavy atom. The van der Waals surface area contributed by atoms with Crippen LogP contribution in [-0.2, 0) is 4.79 Å². The molecule has 0 bridgehead atoms. The Balaban J connectivity index is 1.77. The van der Waals surface area contributed by atoms with E-state index >= 15 is 0 Å². The smallest absolute Gasteiger partial charge is 0.265 e. The minimum Gasteiger partial charge on any atom is -0.356 e. The second kappa shape index (κ2) is 6.56. The molecular formula is C17H16FN5O2S. The van der Waals surface area contributed by atoms with Crippen LogP contribution in [0.25, 0.3) is 16.7 Å². The van der Waals surface area contributed by atoms with Crippen LogP contribution >= 0.6 is 11.8 Å². The van der Waals surface area contributed by atoms with E-state index in [2.05, 4.69) is 15.4 Å². The van der Waals surface area contributed by atoms with Gasteiger partial charge in [-0.15, -0.1) is 0 Å². The van der Waals surface area contributed by atoms with E-state index in [1.165, 1.54) is 34.8 Å². The number of benzene rings is 1. The van der Waals surface area contributed by atoms with Gasteiger partial charge in [-0.25, -0.2) is 14.1 Å². The average molecular weight is 373 g/mol. The highest BCUT2D eigenvalue weighted by Gasteiger charge is 2.29. The molecule has 1 unspecified atom stereocenters. The zero-order valence-corrected chi connectivity index (χ0v) is 14.8. The minimum atomic E-state index is -0.345. The van der Waals surface area contributed by atoms with Crippen molar-refractivity contribution >= 4 is 28.7 Å². The third-order valence-corrected chi connectivity index (χ3v) is 5.33. The summed E-state index contributed by atoms with van der Waals surface area (Å²) in [5.74, 6) is 0.193. The maximum atomic E-state index is 13.2. The molecule has 3 heterocycles. The zero-order chi connectivity index (χ0) is 18.3. The van der Waals surface area contributed by atoms with Crippen LogP contribution < -0.4 is 10.9 Å². The minimum absolute atomic E-state index is 0.0834. The summed E-state index contributed by atoms with van der Waals surface area (Å²) in [6.45, 7) is 2.42. The quantitative estimate of drug-likeness (QED) is 0.707. The molecule has 0 aliphatic carbocycles. The lowest BCUT2D eigenvalue weighted by Gasteiger charge is -2.13. The third kappa shape index (κ3) is 2.78. The highest BCUT2D eigenvalue weighted by atomic mass is 32.2. The number of aromatic nitrogens is 4. The molecule has 0 radical (unpaired) electrons. The van der Waals surface area contributed by atoms with E-state index in [4.69, 9.17) is 0 Å². The summed E-state index contributed by atoms with van der Waals surface area (Å²) in [4.78, 5) is 29.4. The lowest BCUT2D eigenvalue weighted by atomic mass is 10.2. The monoisotopic (exact) mass is 373 g/mol. The van der Waals surface area contributed by atoms with Gasteiger partial charge in [0, 0.05) is 18.7 Å². The summed E-state index contributed by atoms with van der Waals surface area (Å²) in [6.07, 6.45) is 1.71. The zero-order valence-electron chi connectivity index (χ0n) is 14.0. The second-order valence-corrected chi connectivity index (χ2v) is 6.95. The first-order valence-corrected chi connectivity index (χ1v) is 9.22. The molecule has 1 aromatic carbocycles. The van der Waals surface area contributed by atoms with Crippen LogP contribution in [0.3, 0.4) is 0 Å². The summed E-state index contributed by atoms with van der Waals surface area (Å²) in [5.41, 5.74) is 0.844. The normalized spacial score (nSPS) is 16.0. The van der Waals surface area contributed by atoms with Crippen molar-refractivity contribution in [2.45, 2.75) is 24.5 Å². The van der Waals surface area contributed by atoms with Crippen LogP contribution in [0.5, 0.6) is 0 Å². The van der Waals surface area contributed by atoms with Crippen molar-refractivity contribution in [3.63, 3.8) is 0 Å². The molecule has 0 spiro atoms. The fourth-order valence-corrected chi connectivity index (χ4v) is 4.17. The van der Waals surface area contributed by atoms with Gasteiger partial charge in [-0.1, -0.05) is 11.8 Å². The van der Waals surface area contributed by atoms with E-state index in [1.54, 1.807) is 16.7 Å². The van der Waals surface area contributed by atoms with E-state index in [0.717, 1.165) is 0 Å². The molecule has 3 aromatic rings. The first-order valence-electron chi connectivity index (χ1n) is 8.24. The number of fused-ring (bicyclic) bond motifs is 2. The predicted octanol–water partition coefficient (Wildman–Crippen LogP) is 1.89. The molecule has 7 nitrogen and oxygen atoms in total. The second-order valence-electron chi connectivity index (χ2n) is 5.96. The Labute approximate surface area is 152 Å². The van der Waals surface area contributed by atoms with Gasteiger partial charge in [0.15, 0.2) is 10.8 Å². The van der Waals surface area contributed by atoms with E-state index in [9.17, 15) is 14.0 Å². The number of hydrogen-bond donors (Lipinski definition) is 1. The predicted molar refractivity (Wildman–Crippen MR) is 96.1 cm³/mol. The van der Waals surface area contributed by atoms with Crippen LogP contribution in [0.4, 0.5) is 4.39 Å². The van der Waals surface area contributed by atoms with Crippen molar-refractivity contribution in [1.29, 1.82) is 0 Å². The van der Waals surface area contributed by atoms with E-state index in [1.807, 2.05) is 6.92 Å². The van der Waals surface area contributed by atoms with Gasteiger partial charge < -0.3 is 5.32 Å². The van der Waals surface area contributed by atoms with Crippen molar-refractivity contribution in [3.05, 3.63) is 46.6 Å². The summed E-state index contributed by atoms with van der Waals surface area (Å²) in [5, 5.41) is 7.95. The number of carbonyl (C=O) groups is 1. The largest absolute Gasteiger partial charge is 0.356 e. The summed E-state index contributed by atoms with van der Waals surface area (Å²) in [7, 11) is 0. The Bertz CT molecular complexity index is 1040. The number of hydrogen-bond acceptors (Lipinski definition) is 5. The van der Waals surface area contributed by atoms with Gasteiger partial charge in [0.25, 0.3) is 5.56 Å². The van der Waals surface area contributed by atoms with Gasteiger partial charge in [0.1, 0.15) is 11.2 Å². The molecule has 4 rings (SSSR count). The Morgan fingerprint density at radius 1 is 1.38 bits per heavy atom. The van der Waals surface area contributed by atoms with Crippen LogP contribution in [0.1, 0.15) is 19.4 Å². The highest BCUT2D eigenvalue weighted by Crippen LogP contribution is 2.33. The standard InChI is InChI=1S/C17H16FN5O2S/c1-2-19-14(24)7-12-9-26-17-21-15-13(16(25)22(12)17)8-20-23(15)11-5-3-10(18)4-6-11/h3-6,8,12H,2,7,9H2,1H3,(H,19,24). The molecule has 1 aliphatic heterocycles. The molecule has 0 fully saturated rings. The molecule has 1 amide bonds. The van der Waals surface area contributed by atoms with Gasteiger partial charge in [0.2, 0.25) is 5.91 Å². The molecule has 26 heavy (non-hydrogen) atoms. The average Bonchev–Trinajstić information content (AvgIpc) is 3.21.